The van der Waals surface area contributed by atoms with Crippen molar-refractivity contribution in [1.82, 2.24) is 4.57 Å². The van der Waals surface area contributed by atoms with Gasteiger partial charge in [-0.15, -0.1) is 0 Å². The molecule has 1 aliphatic heterocycles. The smallest absolute Gasteiger partial charge is 0.338 e. The molecule has 7 heteroatoms. The fourth-order valence-corrected chi connectivity index (χ4v) is 4.97. The molecule has 0 amide bonds. The van der Waals surface area contributed by atoms with Gasteiger partial charge in [0.15, 0.2) is 4.80 Å². The first kappa shape index (κ1) is 23.7. The van der Waals surface area contributed by atoms with E-state index >= 15 is 0 Å². The van der Waals surface area contributed by atoms with Crippen LogP contribution in [0.3, 0.4) is 0 Å². The maximum absolute atomic E-state index is 13.6. The van der Waals surface area contributed by atoms with Crippen LogP contribution in [-0.2, 0) is 9.53 Å². The van der Waals surface area contributed by atoms with Crippen molar-refractivity contribution in [1.29, 1.82) is 0 Å². The molecule has 1 aromatic heterocycles. The van der Waals surface area contributed by atoms with Gasteiger partial charge >= 0.3 is 5.97 Å². The summed E-state index contributed by atoms with van der Waals surface area (Å²) in [6.45, 7) is 9.73. The lowest BCUT2D eigenvalue weighted by molar-refractivity contribution is -0.139. The summed E-state index contributed by atoms with van der Waals surface area (Å²) in [7, 11) is 0. The van der Waals surface area contributed by atoms with E-state index in [1.165, 1.54) is 11.3 Å². The monoisotopic (exact) mass is 476 g/mol. The average molecular weight is 477 g/mol. The average Bonchev–Trinajstić information content (AvgIpc) is 3.09. The van der Waals surface area contributed by atoms with Crippen LogP contribution in [-0.4, -0.2) is 23.2 Å². The molecule has 0 bridgehead atoms. The lowest BCUT2D eigenvalue weighted by Crippen LogP contribution is -2.39. The van der Waals surface area contributed by atoms with Gasteiger partial charge in [0.25, 0.3) is 5.56 Å². The highest BCUT2D eigenvalue weighted by Gasteiger charge is 2.33. The van der Waals surface area contributed by atoms with Crippen LogP contribution in [0.25, 0.3) is 6.08 Å². The predicted octanol–water partition coefficient (Wildman–Crippen LogP) is 3.89. The molecule has 4 rings (SSSR count). The minimum absolute atomic E-state index is 0.0440. The van der Waals surface area contributed by atoms with Gasteiger partial charge in [0.2, 0.25) is 0 Å². The summed E-state index contributed by atoms with van der Waals surface area (Å²) < 4.78 is 13.3. The fraction of sp³-hybridized carbons (Fsp3) is 0.296. The predicted molar refractivity (Wildman–Crippen MR) is 134 cm³/mol. The SMILES string of the molecule is CCOC(=O)C1=C(C)N=c2s/c(=C\c3ccc(C)cc3)c(=O)n2[C@H]1c1ccc(OC(C)C)cc1. The van der Waals surface area contributed by atoms with Gasteiger partial charge in [-0.05, 0) is 64.0 Å². The number of hydrogen-bond acceptors (Lipinski definition) is 6. The fourth-order valence-electron chi connectivity index (χ4n) is 3.92. The molecule has 0 spiro atoms. The summed E-state index contributed by atoms with van der Waals surface area (Å²) in [5, 5.41) is 0. The number of esters is 1. The number of carbonyl (C=O) groups excluding carboxylic acids is 1. The number of allylic oxidation sites excluding steroid dienone is 1. The summed E-state index contributed by atoms with van der Waals surface area (Å²) in [5.74, 6) is 0.257. The van der Waals surface area contributed by atoms with Crippen molar-refractivity contribution in [3.63, 3.8) is 0 Å². The van der Waals surface area contributed by atoms with Gasteiger partial charge in [-0.25, -0.2) is 9.79 Å². The molecule has 0 fully saturated rings. The maximum atomic E-state index is 13.6. The summed E-state index contributed by atoms with van der Waals surface area (Å²) in [4.78, 5) is 31.7. The molecule has 0 radical (unpaired) electrons. The summed E-state index contributed by atoms with van der Waals surface area (Å²) in [5.41, 5.74) is 3.60. The summed E-state index contributed by atoms with van der Waals surface area (Å²) >= 11 is 1.32. The third-order valence-corrected chi connectivity index (χ3v) is 6.44. The van der Waals surface area contributed by atoms with Crippen LogP contribution in [0.15, 0.2) is 69.6 Å². The Morgan fingerprint density at radius 2 is 1.79 bits per heavy atom. The van der Waals surface area contributed by atoms with Crippen molar-refractivity contribution < 1.29 is 14.3 Å². The van der Waals surface area contributed by atoms with Crippen LogP contribution in [0.1, 0.15) is 50.4 Å². The Labute approximate surface area is 202 Å². The van der Waals surface area contributed by atoms with E-state index in [4.69, 9.17) is 9.47 Å². The molecule has 0 saturated carbocycles. The van der Waals surface area contributed by atoms with Crippen LogP contribution in [0.2, 0.25) is 0 Å². The van der Waals surface area contributed by atoms with E-state index in [2.05, 4.69) is 4.99 Å². The number of aromatic nitrogens is 1. The summed E-state index contributed by atoms with van der Waals surface area (Å²) in [6, 6.07) is 14.8. The molecule has 1 atom stereocenters. The quantitative estimate of drug-likeness (QED) is 0.506. The van der Waals surface area contributed by atoms with Gasteiger partial charge < -0.3 is 9.47 Å². The van der Waals surface area contributed by atoms with E-state index in [1.807, 2.05) is 75.4 Å². The van der Waals surface area contributed by atoms with Gasteiger partial charge in [-0.3, -0.25) is 9.36 Å². The molecular weight excluding hydrogens is 448 g/mol. The van der Waals surface area contributed by atoms with Crippen molar-refractivity contribution >= 4 is 23.4 Å². The molecule has 0 unspecified atom stereocenters. The highest BCUT2D eigenvalue weighted by molar-refractivity contribution is 7.07. The highest BCUT2D eigenvalue weighted by atomic mass is 32.1. The Morgan fingerprint density at radius 3 is 2.41 bits per heavy atom. The number of fused-ring (bicyclic) bond motifs is 1. The molecular formula is C27H28N2O4S. The van der Waals surface area contributed by atoms with Gasteiger partial charge in [-0.2, -0.15) is 0 Å². The van der Waals surface area contributed by atoms with Gasteiger partial charge in [-0.1, -0.05) is 53.3 Å². The number of benzene rings is 2. The molecule has 34 heavy (non-hydrogen) atoms. The molecule has 0 aliphatic carbocycles. The van der Waals surface area contributed by atoms with E-state index in [9.17, 15) is 9.59 Å². The Hall–Kier alpha value is -3.45. The molecule has 3 aromatic rings. The first-order valence-corrected chi connectivity index (χ1v) is 12.1. The second-order valence-corrected chi connectivity index (χ2v) is 9.46. The molecule has 2 heterocycles. The van der Waals surface area contributed by atoms with Crippen LogP contribution in [0.5, 0.6) is 5.75 Å². The maximum Gasteiger partial charge on any atom is 0.338 e. The van der Waals surface area contributed by atoms with Crippen molar-refractivity contribution in [2.24, 2.45) is 4.99 Å². The van der Waals surface area contributed by atoms with Crippen LogP contribution in [0.4, 0.5) is 0 Å². The number of hydrogen-bond donors (Lipinski definition) is 0. The van der Waals surface area contributed by atoms with Gasteiger partial charge in [0.05, 0.1) is 34.6 Å². The molecule has 2 aromatic carbocycles. The largest absolute Gasteiger partial charge is 0.491 e. The standard InChI is InChI=1S/C27H28N2O4S/c1-6-32-26(31)23-18(5)28-27-29(24(23)20-11-13-21(14-12-20)33-16(2)3)25(30)22(34-27)15-19-9-7-17(4)8-10-19/h7-16,24H,6H2,1-5H3/b22-15-/t24-/m0/s1. The van der Waals surface area contributed by atoms with Crippen molar-refractivity contribution in [2.45, 2.75) is 46.8 Å². The number of ether oxygens (including phenoxy) is 2. The van der Waals surface area contributed by atoms with Gasteiger partial charge in [0, 0.05) is 0 Å². The number of aryl methyl sites for hydroxylation is 1. The Kier molecular flexibility index (Phi) is 6.84. The van der Waals surface area contributed by atoms with Crippen LogP contribution < -0.4 is 19.6 Å². The van der Waals surface area contributed by atoms with Gasteiger partial charge in [0.1, 0.15) is 5.75 Å². The normalized spacial score (nSPS) is 15.8. The van der Waals surface area contributed by atoms with E-state index in [-0.39, 0.29) is 18.3 Å². The zero-order chi connectivity index (χ0) is 24.4. The van der Waals surface area contributed by atoms with E-state index < -0.39 is 12.0 Å². The topological polar surface area (TPSA) is 69.9 Å². The molecule has 0 saturated heterocycles. The number of thiazole rings is 1. The molecule has 0 N–H and O–H groups in total. The third-order valence-electron chi connectivity index (χ3n) is 5.46. The first-order valence-electron chi connectivity index (χ1n) is 11.3. The van der Waals surface area contributed by atoms with Crippen molar-refractivity contribution in [2.75, 3.05) is 6.61 Å². The Morgan fingerprint density at radius 1 is 1.12 bits per heavy atom. The lowest BCUT2D eigenvalue weighted by atomic mass is 9.96. The zero-order valence-electron chi connectivity index (χ0n) is 20.0. The second-order valence-electron chi connectivity index (χ2n) is 8.45. The lowest BCUT2D eigenvalue weighted by Gasteiger charge is -2.25. The molecule has 176 valence electrons. The Bertz CT molecular complexity index is 1410. The number of rotatable bonds is 6. The van der Waals surface area contributed by atoms with Crippen LogP contribution >= 0.6 is 11.3 Å². The zero-order valence-corrected chi connectivity index (χ0v) is 20.8. The third kappa shape index (κ3) is 4.75. The van der Waals surface area contributed by atoms with E-state index in [0.717, 1.165) is 22.4 Å². The van der Waals surface area contributed by atoms with E-state index in [0.29, 0.717) is 20.6 Å². The Balaban J connectivity index is 1.89. The number of nitrogens with zero attached hydrogens (tertiary/aromatic N) is 2. The second kappa shape index (κ2) is 9.81. The van der Waals surface area contributed by atoms with Crippen LogP contribution in [0, 0.1) is 6.92 Å². The van der Waals surface area contributed by atoms with E-state index in [1.54, 1.807) is 18.4 Å². The molecule has 1 aliphatic rings. The highest BCUT2D eigenvalue weighted by Crippen LogP contribution is 2.31. The van der Waals surface area contributed by atoms with Crippen molar-refractivity contribution in [3.8, 4) is 5.75 Å². The molecule has 6 nitrogen and oxygen atoms in total. The summed E-state index contributed by atoms with van der Waals surface area (Å²) in [6.07, 6.45) is 1.91. The first-order chi connectivity index (χ1) is 16.3. The number of carbonyl (C=O) groups is 1. The minimum atomic E-state index is -0.636. The van der Waals surface area contributed by atoms with Crippen molar-refractivity contribution in [3.05, 3.63) is 96.2 Å². The minimum Gasteiger partial charge on any atom is -0.491 e.